The summed E-state index contributed by atoms with van der Waals surface area (Å²) in [6.45, 7) is 3.82. The first-order chi connectivity index (χ1) is 25.7. The minimum Gasteiger partial charge on any atom is -0.479 e. The number of hydrogen-bond acceptors (Lipinski definition) is 10. The van der Waals surface area contributed by atoms with E-state index in [-0.39, 0.29) is 26.1 Å². The molecule has 11 nitrogen and oxygen atoms in total. The Labute approximate surface area is 321 Å². The van der Waals surface area contributed by atoms with E-state index in [0.29, 0.717) is 12.8 Å². The Balaban J connectivity index is 2.38. The minimum absolute atomic E-state index is 0.190. The number of aliphatic carboxylic acids is 1. The van der Waals surface area contributed by atoms with Crippen molar-refractivity contribution in [1.82, 2.24) is 0 Å². The normalized spacial score (nSPS) is 20.7. The van der Waals surface area contributed by atoms with Gasteiger partial charge in [-0.2, -0.15) is 0 Å². The molecule has 1 heterocycles. The molecule has 1 aliphatic heterocycles. The highest BCUT2D eigenvalue weighted by Crippen LogP contribution is 2.23. The smallest absolute Gasteiger partial charge is 0.335 e. The molecule has 0 spiro atoms. The molecule has 1 aliphatic rings. The topological polar surface area (TPSA) is 169 Å². The van der Waals surface area contributed by atoms with Crippen LogP contribution in [0.4, 0.5) is 0 Å². The van der Waals surface area contributed by atoms with Crippen LogP contribution in [0.5, 0.6) is 0 Å². The quantitative estimate of drug-likeness (QED) is 0.0356. The molecule has 1 rings (SSSR count). The van der Waals surface area contributed by atoms with E-state index in [0.717, 1.165) is 38.5 Å². The summed E-state index contributed by atoms with van der Waals surface area (Å²) in [5.74, 6) is -2.43. The highest BCUT2D eigenvalue weighted by Gasteiger charge is 2.47. The van der Waals surface area contributed by atoms with Crippen LogP contribution in [0.2, 0.25) is 0 Å². The predicted molar refractivity (Wildman–Crippen MR) is 206 cm³/mol. The van der Waals surface area contributed by atoms with E-state index in [1.165, 1.54) is 122 Å². The van der Waals surface area contributed by atoms with Crippen molar-refractivity contribution >= 4 is 17.9 Å². The fourth-order valence-corrected chi connectivity index (χ4v) is 6.76. The van der Waals surface area contributed by atoms with Crippen LogP contribution in [-0.2, 0) is 33.3 Å². The third-order valence-electron chi connectivity index (χ3n) is 10.2. The zero-order chi connectivity index (χ0) is 38.9. The predicted octanol–water partition coefficient (Wildman–Crippen LogP) is 8.70. The Morgan fingerprint density at radius 1 is 0.509 bits per heavy atom. The number of unbranched alkanes of at least 4 members (excludes halogenated alkanes) is 25. The van der Waals surface area contributed by atoms with Gasteiger partial charge in [0, 0.05) is 12.8 Å². The molecule has 312 valence electrons. The summed E-state index contributed by atoms with van der Waals surface area (Å²) in [4.78, 5) is 36.7. The molecule has 0 saturated carbocycles. The van der Waals surface area contributed by atoms with Gasteiger partial charge in [0.2, 0.25) is 0 Å². The van der Waals surface area contributed by atoms with Crippen molar-refractivity contribution < 1.29 is 53.8 Å². The summed E-state index contributed by atoms with van der Waals surface area (Å²) in [6.07, 6.45) is 23.0. The molecule has 1 saturated heterocycles. The largest absolute Gasteiger partial charge is 0.479 e. The van der Waals surface area contributed by atoms with Gasteiger partial charge in [-0.3, -0.25) is 9.59 Å². The maximum Gasteiger partial charge on any atom is 0.335 e. The first kappa shape index (κ1) is 49.2. The summed E-state index contributed by atoms with van der Waals surface area (Å²) >= 11 is 0. The second kappa shape index (κ2) is 33.5. The monoisotopic (exact) mass is 759 g/mol. The lowest BCUT2D eigenvalue weighted by Gasteiger charge is -2.38. The van der Waals surface area contributed by atoms with Gasteiger partial charge in [0.25, 0.3) is 0 Å². The second-order valence-electron chi connectivity index (χ2n) is 15.2. The standard InChI is InChI=1S/C42H78O11/c1-3-5-7-9-11-13-15-17-19-20-22-24-26-28-30-35(43)50-32-34(33-51-42-39(47)37(45)38(46)40(53-42)41(48)49)52-36(44)31-29-27-25-23-21-18-16-14-12-10-8-6-4-2/h34,37-40,42,45-47H,3-33H2,1-2H3,(H,48,49). The maximum absolute atomic E-state index is 12.7. The number of aliphatic hydroxyl groups excluding tert-OH is 3. The molecule has 0 aliphatic carbocycles. The van der Waals surface area contributed by atoms with Gasteiger partial charge in [0.15, 0.2) is 18.5 Å². The molecule has 0 amide bonds. The van der Waals surface area contributed by atoms with Crippen LogP contribution in [-0.4, -0.2) is 88.4 Å². The molecule has 0 radical (unpaired) electrons. The lowest BCUT2D eigenvalue weighted by molar-refractivity contribution is -0.298. The van der Waals surface area contributed by atoms with Crippen LogP contribution in [0, 0.1) is 0 Å². The number of ether oxygens (including phenoxy) is 4. The fraction of sp³-hybridized carbons (Fsp3) is 0.929. The molecule has 0 aromatic heterocycles. The molecule has 0 aromatic rings. The lowest BCUT2D eigenvalue weighted by atomic mass is 9.99. The zero-order valence-electron chi connectivity index (χ0n) is 33.5. The fourth-order valence-electron chi connectivity index (χ4n) is 6.76. The summed E-state index contributed by atoms with van der Waals surface area (Å²) in [5.41, 5.74) is 0. The van der Waals surface area contributed by atoms with E-state index in [1.54, 1.807) is 0 Å². The molecule has 0 aromatic carbocycles. The van der Waals surface area contributed by atoms with E-state index < -0.39 is 54.7 Å². The SMILES string of the molecule is CCCCCCCCCCCCCCCCC(=O)OCC(COC1OC(C(=O)O)C(O)C(O)C1O)OC(=O)CCCCCCCCCCCCCCC. The number of carbonyl (C=O) groups is 3. The number of carboxylic acids is 1. The van der Waals surface area contributed by atoms with E-state index in [1.807, 2.05) is 0 Å². The molecule has 6 unspecified atom stereocenters. The van der Waals surface area contributed by atoms with Crippen molar-refractivity contribution in [3.05, 3.63) is 0 Å². The highest BCUT2D eigenvalue weighted by atomic mass is 16.7. The molecule has 11 heteroatoms. The Kier molecular flexibility index (Phi) is 31.2. The van der Waals surface area contributed by atoms with Gasteiger partial charge in [-0.05, 0) is 12.8 Å². The Morgan fingerprint density at radius 2 is 0.887 bits per heavy atom. The number of carbonyl (C=O) groups excluding carboxylic acids is 2. The minimum atomic E-state index is -1.85. The number of rotatable bonds is 36. The average molecular weight is 759 g/mol. The van der Waals surface area contributed by atoms with Crippen molar-refractivity contribution in [3.8, 4) is 0 Å². The van der Waals surface area contributed by atoms with Crippen LogP contribution in [0.3, 0.4) is 0 Å². The van der Waals surface area contributed by atoms with Gasteiger partial charge in [0.05, 0.1) is 6.61 Å². The van der Waals surface area contributed by atoms with Crippen molar-refractivity contribution in [3.63, 3.8) is 0 Å². The van der Waals surface area contributed by atoms with Crippen molar-refractivity contribution in [1.29, 1.82) is 0 Å². The Hall–Kier alpha value is -1.79. The van der Waals surface area contributed by atoms with Crippen LogP contribution < -0.4 is 0 Å². The van der Waals surface area contributed by atoms with Crippen LogP contribution in [0.1, 0.15) is 200 Å². The average Bonchev–Trinajstić information content (AvgIpc) is 3.14. The van der Waals surface area contributed by atoms with Gasteiger partial charge in [0.1, 0.15) is 24.9 Å². The Morgan fingerprint density at radius 3 is 1.28 bits per heavy atom. The third kappa shape index (κ3) is 25.8. The first-order valence-electron chi connectivity index (χ1n) is 21.6. The molecule has 53 heavy (non-hydrogen) atoms. The van der Waals surface area contributed by atoms with E-state index >= 15 is 0 Å². The number of hydrogen-bond donors (Lipinski definition) is 4. The molecule has 0 bridgehead atoms. The van der Waals surface area contributed by atoms with Crippen molar-refractivity contribution in [2.24, 2.45) is 0 Å². The van der Waals surface area contributed by atoms with Crippen LogP contribution >= 0.6 is 0 Å². The van der Waals surface area contributed by atoms with Crippen LogP contribution in [0.15, 0.2) is 0 Å². The van der Waals surface area contributed by atoms with Crippen LogP contribution in [0.25, 0.3) is 0 Å². The summed E-state index contributed by atoms with van der Waals surface area (Å²) < 4.78 is 21.7. The molecule has 4 N–H and O–H groups in total. The summed E-state index contributed by atoms with van der Waals surface area (Å²) in [5, 5.41) is 39.7. The maximum atomic E-state index is 12.7. The van der Waals surface area contributed by atoms with Crippen molar-refractivity contribution in [2.75, 3.05) is 13.2 Å². The highest BCUT2D eigenvalue weighted by molar-refractivity contribution is 5.73. The van der Waals surface area contributed by atoms with Crippen molar-refractivity contribution in [2.45, 2.75) is 237 Å². The van der Waals surface area contributed by atoms with Gasteiger partial charge in [-0.1, -0.05) is 174 Å². The van der Waals surface area contributed by atoms with Gasteiger partial charge in [-0.15, -0.1) is 0 Å². The van der Waals surface area contributed by atoms with Gasteiger partial charge < -0.3 is 39.4 Å². The first-order valence-corrected chi connectivity index (χ1v) is 21.6. The summed E-state index contributed by atoms with van der Waals surface area (Å²) in [7, 11) is 0. The third-order valence-corrected chi connectivity index (χ3v) is 10.2. The van der Waals surface area contributed by atoms with E-state index in [2.05, 4.69) is 13.8 Å². The van der Waals surface area contributed by atoms with Gasteiger partial charge in [-0.25, -0.2) is 4.79 Å². The lowest BCUT2D eigenvalue weighted by Crippen LogP contribution is -2.60. The number of carboxylic acid groups (broad SMARTS) is 1. The number of aliphatic hydroxyl groups is 3. The van der Waals surface area contributed by atoms with Gasteiger partial charge >= 0.3 is 17.9 Å². The van der Waals surface area contributed by atoms with E-state index in [4.69, 9.17) is 18.9 Å². The number of esters is 2. The molecular formula is C42H78O11. The molecule has 1 fully saturated rings. The Bertz CT molecular complexity index is 900. The molecule has 6 atom stereocenters. The van der Waals surface area contributed by atoms with E-state index in [9.17, 15) is 34.8 Å². The molecular weight excluding hydrogens is 680 g/mol. The zero-order valence-corrected chi connectivity index (χ0v) is 33.5. The summed E-state index contributed by atoms with van der Waals surface area (Å²) in [6, 6.07) is 0. The second-order valence-corrected chi connectivity index (χ2v) is 15.2.